The molecule has 2 rings (SSSR count). The van der Waals surface area contributed by atoms with Crippen LogP contribution in [0.1, 0.15) is 17.3 Å². The van der Waals surface area contributed by atoms with E-state index in [0.29, 0.717) is 11.4 Å². The predicted molar refractivity (Wildman–Crippen MR) is 98.0 cm³/mol. The Morgan fingerprint density at radius 2 is 2.00 bits per heavy atom. The molecule has 0 saturated heterocycles. The highest BCUT2D eigenvalue weighted by atomic mass is 16.5. The van der Waals surface area contributed by atoms with E-state index in [-0.39, 0.29) is 30.2 Å². The second-order valence-electron chi connectivity index (χ2n) is 5.37. The highest BCUT2D eigenvalue weighted by Gasteiger charge is 2.09. The van der Waals surface area contributed by atoms with Crippen LogP contribution in [-0.2, 0) is 11.8 Å². The molecular weight excluding hydrogens is 334 g/mol. The molecule has 0 fully saturated rings. The lowest BCUT2D eigenvalue weighted by molar-refractivity contribution is -0.114. The lowest BCUT2D eigenvalue weighted by Crippen LogP contribution is -2.32. The normalized spacial score (nSPS) is 9.62. The monoisotopic (exact) mass is 353 g/mol. The van der Waals surface area contributed by atoms with Crippen molar-refractivity contribution in [1.29, 1.82) is 0 Å². The second kappa shape index (κ2) is 9.08. The van der Waals surface area contributed by atoms with E-state index in [1.165, 1.54) is 17.6 Å². The van der Waals surface area contributed by atoms with E-state index in [1.54, 1.807) is 43.6 Å². The summed E-state index contributed by atoms with van der Waals surface area (Å²) in [5.41, 5.74) is 0.350. The van der Waals surface area contributed by atoms with Gasteiger partial charge in [-0.3, -0.25) is 14.4 Å². The van der Waals surface area contributed by atoms with Crippen molar-refractivity contribution >= 4 is 17.5 Å². The number of benzene rings is 1. The van der Waals surface area contributed by atoms with Crippen LogP contribution in [0.3, 0.4) is 0 Å². The highest BCUT2D eigenvalue weighted by molar-refractivity contribution is 5.93. The largest absolute Gasteiger partial charge is 0.481 e. The Bertz CT molecular complexity index is 922. The van der Waals surface area contributed by atoms with Gasteiger partial charge in [-0.2, -0.15) is 0 Å². The number of amides is 2. The zero-order chi connectivity index (χ0) is 18.9. The number of hydrogen-bond donors (Lipinski definition) is 2. The highest BCUT2D eigenvalue weighted by Crippen LogP contribution is 2.16. The van der Waals surface area contributed by atoms with Crippen molar-refractivity contribution in [3.8, 4) is 17.6 Å². The summed E-state index contributed by atoms with van der Waals surface area (Å²) in [4.78, 5) is 34.8. The zero-order valence-electron chi connectivity index (χ0n) is 14.5. The summed E-state index contributed by atoms with van der Waals surface area (Å²) in [6.07, 6.45) is 1.58. The molecule has 0 aliphatic carbocycles. The fourth-order valence-electron chi connectivity index (χ4n) is 2.09. The Hall–Kier alpha value is -3.53. The van der Waals surface area contributed by atoms with Gasteiger partial charge >= 0.3 is 0 Å². The smallest absolute Gasteiger partial charge is 0.263 e. The van der Waals surface area contributed by atoms with E-state index in [1.807, 2.05) is 0 Å². The number of nitrogens with zero attached hydrogens (tertiary/aromatic N) is 1. The minimum absolute atomic E-state index is 0.0721. The maximum Gasteiger partial charge on any atom is 0.263 e. The number of aromatic nitrogens is 1. The van der Waals surface area contributed by atoms with Gasteiger partial charge in [-0.15, -0.1) is 0 Å². The first kappa shape index (κ1) is 18.8. The third-order valence-electron chi connectivity index (χ3n) is 3.30. The number of pyridine rings is 1. The summed E-state index contributed by atoms with van der Waals surface area (Å²) in [5, 5.41) is 5.23. The summed E-state index contributed by atoms with van der Waals surface area (Å²) < 4.78 is 6.80. The molecule has 0 saturated carbocycles. The van der Waals surface area contributed by atoms with Gasteiger partial charge in [0.2, 0.25) is 5.91 Å². The van der Waals surface area contributed by atoms with Gasteiger partial charge in [0, 0.05) is 31.9 Å². The van der Waals surface area contributed by atoms with Gasteiger partial charge in [0.15, 0.2) is 0 Å². The third-order valence-corrected chi connectivity index (χ3v) is 3.30. The minimum atomic E-state index is -0.468. The van der Waals surface area contributed by atoms with E-state index in [9.17, 15) is 14.4 Å². The van der Waals surface area contributed by atoms with E-state index >= 15 is 0 Å². The molecule has 2 aromatic rings. The number of carbonyl (C=O) groups is 2. The van der Waals surface area contributed by atoms with Crippen molar-refractivity contribution in [3.63, 3.8) is 0 Å². The minimum Gasteiger partial charge on any atom is -0.481 e. The standard InChI is InChI=1S/C19H19N3O4/c1-14(23)21-15-7-5-8-16(13-15)26-12-4-3-10-20-18(24)17-9-6-11-22(2)19(17)25/h5-9,11,13H,10,12H2,1-2H3,(H,20,24)(H,21,23). The number of rotatable bonds is 5. The van der Waals surface area contributed by atoms with Crippen LogP contribution in [0.15, 0.2) is 47.4 Å². The number of aryl methyl sites for hydroxylation is 1. The fourth-order valence-corrected chi connectivity index (χ4v) is 2.09. The molecule has 0 bridgehead atoms. The number of hydrogen-bond acceptors (Lipinski definition) is 4. The molecule has 0 spiro atoms. The van der Waals surface area contributed by atoms with Crippen molar-refractivity contribution in [3.05, 3.63) is 58.5 Å². The summed E-state index contributed by atoms with van der Waals surface area (Å²) in [6.45, 7) is 1.66. The number of carbonyl (C=O) groups excluding carboxylic acids is 2. The third kappa shape index (κ3) is 5.53. The maximum atomic E-state index is 11.9. The lowest BCUT2D eigenvalue weighted by Gasteiger charge is -2.05. The van der Waals surface area contributed by atoms with Crippen LogP contribution in [0.2, 0.25) is 0 Å². The first-order valence-electron chi connectivity index (χ1n) is 7.87. The van der Waals surface area contributed by atoms with Gasteiger partial charge in [0.1, 0.15) is 17.9 Å². The maximum absolute atomic E-state index is 11.9. The number of ether oxygens (including phenoxy) is 1. The van der Waals surface area contributed by atoms with Gasteiger partial charge in [-0.05, 0) is 24.3 Å². The average Bonchev–Trinajstić information content (AvgIpc) is 2.60. The molecule has 0 atom stereocenters. The van der Waals surface area contributed by atoms with E-state index in [0.717, 1.165) is 0 Å². The fraction of sp³-hybridized carbons (Fsp3) is 0.211. The summed E-state index contributed by atoms with van der Waals surface area (Å²) in [6, 6.07) is 10.1. The van der Waals surface area contributed by atoms with Crippen molar-refractivity contribution in [1.82, 2.24) is 9.88 Å². The van der Waals surface area contributed by atoms with Crippen LogP contribution in [0.4, 0.5) is 5.69 Å². The quantitative estimate of drug-likeness (QED) is 0.790. The van der Waals surface area contributed by atoms with Crippen LogP contribution < -0.4 is 20.9 Å². The molecule has 7 heteroatoms. The molecule has 0 aliphatic rings. The molecule has 2 amide bonds. The Morgan fingerprint density at radius 3 is 2.77 bits per heavy atom. The SMILES string of the molecule is CC(=O)Nc1cccc(OCC#CCNC(=O)c2cccn(C)c2=O)c1. The average molecular weight is 353 g/mol. The molecule has 1 heterocycles. The Balaban J connectivity index is 1.81. The molecule has 0 radical (unpaired) electrons. The Kier molecular flexibility index (Phi) is 6.57. The Labute approximate surface area is 151 Å². The zero-order valence-corrected chi connectivity index (χ0v) is 14.5. The predicted octanol–water partition coefficient (Wildman–Crippen LogP) is 1.16. The Morgan fingerprint density at radius 1 is 1.19 bits per heavy atom. The van der Waals surface area contributed by atoms with Crippen molar-refractivity contribution < 1.29 is 14.3 Å². The molecular formula is C19H19N3O4. The second-order valence-corrected chi connectivity index (χ2v) is 5.37. The molecule has 26 heavy (non-hydrogen) atoms. The lowest BCUT2D eigenvalue weighted by atomic mass is 10.2. The molecule has 7 nitrogen and oxygen atoms in total. The summed E-state index contributed by atoms with van der Waals surface area (Å²) in [5.74, 6) is 5.46. The molecule has 1 aromatic heterocycles. The van der Waals surface area contributed by atoms with Gasteiger partial charge in [0.05, 0.1) is 6.54 Å². The number of anilines is 1. The molecule has 0 unspecified atom stereocenters. The van der Waals surface area contributed by atoms with Crippen LogP contribution in [0.25, 0.3) is 0 Å². The van der Waals surface area contributed by atoms with Crippen LogP contribution >= 0.6 is 0 Å². The van der Waals surface area contributed by atoms with Crippen LogP contribution in [0.5, 0.6) is 5.75 Å². The van der Waals surface area contributed by atoms with Crippen LogP contribution in [0, 0.1) is 11.8 Å². The van der Waals surface area contributed by atoms with Gasteiger partial charge in [0.25, 0.3) is 11.5 Å². The topological polar surface area (TPSA) is 89.4 Å². The summed E-state index contributed by atoms with van der Waals surface area (Å²) >= 11 is 0. The molecule has 134 valence electrons. The van der Waals surface area contributed by atoms with E-state index in [4.69, 9.17) is 4.74 Å². The van der Waals surface area contributed by atoms with Crippen molar-refractivity contribution in [2.24, 2.45) is 7.05 Å². The van der Waals surface area contributed by atoms with E-state index < -0.39 is 5.91 Å². The van der Waals surface area contributed by atoms with E-state index in [2.05, 4.69) is 22.5 Å². The first-order valence-corrected chi connectivity index (χ1v) is 7.87. The van der Waals surface area contributed by atoms with Gasteiger partial charge in [-0.1, -0.05) is 17.9 Å². The first-order chi connectivity index (χ1) is 12.5. The van der Waals surface area contributed by atoms with Gasteiger partial charge in [-0.25, -0.2) is 0 Å². The molecule has 2 N–H and O–H groups in total. The molecule has 1 aromatic carbocycles. The van der Waals surface area contributed by atoms with Crippen molar-refractivity contribution in [2.45, 2.75) is 6.92 Å². The molecule has 0 aliphatic heterocycles. The van der Waals surface area contributed by atoms with Gasteiger partial charge < -0.3 is 19.9 Å². The summed E-state index contributed by atoms with van der Waals surface area (Å²) in [7, 11) is 1.58. The van der Waals surface area contributed by atoms with Crippen LogP contribution in [-0.4, -0.2) is 29.5 Å². The van der Waals surface area contributed by atoms with Crippen molar-refractivity contribution in [2.75, 3.05) is 18.5 Å². The number of nitrogens with one attached hydrogen (secondary N) is 2.